The van der Waals surface area contributed by atoms with Crippen LogP contribution in [-0.2, 0) is 9.59 Å². The number of benzene rings is 2. The summed E-state index contributed by atoms with van der Waals surface area (Å²) < 4.78 is 1.48. The van der Waals surface area contributed by atoms with Crippen LogP contribution >= 0.6 is 34.3 Å². The number of hydrogen-bond acceptors (Lipinski definition) is 7. The molecule has 5 aromatic rings. The van der Waals surface area contributed by atoms with Crippen molar-refractivity contribution >= 4 is 68.0 Å². The van der Waals surface area contributed by atoms with Crippen molar-refractivity contribution < 1.29 is 9.59 Å². The molecule has 8 nitrogen and oxygen atoms in total. The molecule has 35 heavy (non-hydrogen) atoms. The minimum atomic E-state index is -0.419. The number of thiophene rings is 1. The van der Waals surface area contributed by atoms with Gasteiger partial charge in [0.05, 0.1) is 16.1 Å². The second kappa shape index (κ2) is 8.42. The Morgan fingerprint density at radius 1 is 1.03 bits per heavy atom. The minimum absolute atomic E-state index is 0.209. The fourth-order valence-corrected chi connectivity index (χ4v) is 5.71. The molecule has 0 spiro atoms. The van der Waals surface area contributed by atoms with Gasteiger partial charge in [-0.05, 0) is 41.8 Å². The highest BCUT2D eigenvalue weighted by Crippen LogP contribution is 2.35. The zero-order valence-corrected chi connectivity index (χ0v) is 20.2. The van der Waals surface area contributed by atoms with Crippen molar-refractivity contribution in [2.75, 3.05) is 16.8 Å². The summed E-state index contributed by atoms with van der Waals surface area (Å²) >= 11 is 8.50. The van der Waals surface area contributed by atoms with Crippen LogP contribution in [0.25, 0.3) is 21.2 Å². The number of amides is 2. The van der Waals surface area contributed by atoms with Crippen LogP contribution in [0.2, 0.25) is 5.02 Å². The Labute approximate surface area is 210 Å². The number of carbonyl (C=O) groups is 2. The monoisotopic (exact) mass is 519 g/mol. The zero-order valence-electron chi connectivity index (χ0n) is 17.8. The number of hydrogen-bond donors (Lipinski definition) is 1. The highest BCUT2D eigenvalue weighted by atomic mass is 35.5. The molecule has 4 heterocycles. The fourth-order valence-electron chi connectivity index (χ4n) is 3.93. The summed E-state index contributed by atoms with van der Waals surface area (Å²) in [5, 5.41) is 9.58. The van der Waals surface area contributed by atoms with Gasteiger partial charge in [0.25, 0.3) is 11.5 Å². The minimum Gasteiger partial charge on any atom is -0.325 e. The molecule has 0 radical (unpaired) electrons. The van der Waals surface area contributed by atoms with E-state index in [1.165, 1.54) is 20.8 Å². The lowest BCUT2D eigenvalue weighted by atomic mass is 10.1. The summed E-state index contributed by atoms with van der Waals surface area (Å²) in [6.07, 6.45) is 0. The van der Waals surface area contributed by atoms with E-state index in [4.69, 9.17) is 11.6 Å². The topological polar surface area (TPSA) is 96.7 Å². The number of para-hydroxylation sites is 1. The first kappa shape index (κ1) is 21.7. The van der Waals surface area contributed by atoms with E-state index in [0.29, 0.717) is 32.7 Å². The Hall–Kier alpha value is -3.86. The second-order valence-corrected chi connectivity index (χ2v) is 10.0. The second-order valence-electron chi connectivity index (χ2n) is 7.68. The first-order valence-corrected chi connectivity index (χ1v) is 12.5. The standard InChI is InChI=1S/C24H14ClN5O3S2/c25-13-7-9-14(10-8-13)26-18(31)12-29-16-5-2-1-4-15(16)19(22(29)32)20-23(33)30-24(35-20)27-21(28-30)17-6-3-11-34-17/h1-11H,12H2,(H,26,31). The van der Waals surface area contributed by atoms with Gasteiger partial charge in [0, 0.05) is 16.3 Å². The van der Waals surface area contributed by atoms with Crippen LogP contribution in [0.3, 0.4) is 0 Å². The van der Waals surface area contributed by atoms with Gasteiger partial charge in [-0.15, -0.1) is 16.4 Å². The van der Waals surface area contributed by atoms with E-state index in [-0.39, 0.29) is 22.6 Å². The van der Waals surface area contributed by atoms with Crippen molar-refractivity contribution in [1.29, 1.82) is 0 Å². The van der Waals surface area contributed by atoms with Gasteiger partial charge in [-0.25, -0.2) is 0 Å². The van der Waals surface area contributed by atoms with E-state index in [1.807, 2.05) is 17.5 Å². The predicted molar refractivity (Wildman–Crippen MR) is 137 cm³/mol. The number of nitrogens with one attached hydrogen (secondary N) is 1. The molecule has 6 rings (SSSR count). The van der Waals surface area contributed by atoms with Gasteiger partial charge in [0.15, 0.2) is 5.82 Å². The molecule has 0 bridgehead atoms. The summed E-state index contributed by atoms with van der Waals surface area (Å²) in [7, 11) is 0. The zero-order chi connectivity index (χ0) is 24.1. The molecule has 1 aliphatic rings. The van der Waals surface area contributed by atoms with Crippen LogP contribution in [-0.4, -0.2) is 33.0 Å². The average molecular weight is 520 g/mol. The molecule has 0 unspecified atom stereocenters. The van der Waals surface area contributed by atoms with Crippen LogP contribution in [0.5, 0.6) is 0 Å². The molecule has 0 saturated heterocycles. The molecular weight excluding hydrogens is 506 g/mol. The van der Waals surface area contributed by atoms with Gasteiger partial charge >= 0.3 is 0 Å². The maximum atomic E-state index is 13.5. The smallest absolute Gasteiger partial charge is 0.291 e. The fraction of sp³-hybridized carbons (Fsp3) is 0.0417. The predicted octanol–water partition coefficient (Wildman–Crippen LogP) is 3.44. The van der Waals surface area contributed by atoms with Gasteiger partial charge in [-0.3, -0.25) is 19.3 Å². The third-order valence-corrected chi connectivity index (χ3v) is 7.63. The van der Waals surface area contributed by atoms with Gasteiger partial charge in [0.2, 0.25) is 10.9 Å². The number of rotatable bonds is 4. The third-order valence-electron chi connectivity index (χ3n) is 5.48. The van der Waals surface area contributed by atoms with E-state index in [0.717, 1.165) is 16.2 Å². The number of thiazole rings is 1. The number of carbonyl (C=O) groups excluding carboxylic acids is 2. The SMILES string of the molecule is O=C(CN1C(=O)C(=c2sc3nc(-c4cccs4)nn3c2=O)c2ccccc21)Nc1ccc(Cl)cc1. The molecule has 1 N–H and O–H groups in total. The lowest BCUT2D eigenvalue weighted by Crippen LogP contribution is -2.37. The Morgan fingerprint density at radius 3 is 2.57 bits per heavy atom. The van der Waals surface area contributed by atoms with Crippen LogP contribution in [0.4, 0.5) is 11.4 Å². The first-order chi connectivity index (χ1) is 17.0. The highest BCUT2D eigenvalue weighted by Gasteiger charge is 2.35. The molecule has 0 aliphatic carbocycles. The Balaban J connectivity index is 1.39. The summed E-state index contributed by atoms with van der Waals surface area (Å²) in [6, 6.07) is 17.6. The van der Waals surface area contributed by atoms with Crippen molar-refractivity contribution in [3.8, 4) is 10.7 Å². The van der Waals surface area contributed by atoms with Crippen molar-refractivity contribution in [1.82, 2.24) is 14.6 Å². The van der Waals surface area contributed by atoms with E-state index in [9.17, 15) is 14.4 Å². The molecule has 2 aromatic carbocycles. The van der Waals surface area contributed by atoms with Crippen molar-refractivity contribution in [3.05, 3.63) is 91.5 Å². The van der Waals surface area contributed by atoms with Crippen LogP contribution in [0, 0.1) is 0 Å². The van der Waals surface area contributed by atoms with Crippen LogP contribution < -0.4 is 20.3 Å². The first-order valence-electron chi connectivity index (χ1n) is 10.4. The number of anilines is 2. The average Bonchev–Trinajstić information content (AvgIpc) is 3.62. The molecule has 0 atom stereocenters. The normalized spacial score (nSPS) is 14.5. The number of nitrogens with zero attached hydrogens (tertiary/aromatic N) is 4. The van der Waals surface area contributed by atoms with Gasteiger partial charge in [-0.1, -0.05) is 47.2 Å². The molecule has 3 aromatic heterocycles. The van der Waals surface area contributed by atoms with E-state index >= 15 is 0 Å². The van der Waals surface area contributed by atoms with Crippen LogP contribution in [0.15, 0.2) is 70.8 Å². The Kier molecular flexibility index (Phi) is 5.21. The number of halogens is 1. The highest BCUT2D eigenvalue weighted by molar-refractivity contribution is 7.15. The van der Waals surface area contributed by atoms with E-state index in [2.05, 4.69) is 15.4 Å². The Bertz CT molecular complexity index is 1730. The molecule has 1 aliphatic heterocycles. The van der Waals surface area contributed by atoms with E-state index < -0.39 is 11.5 Å². The number of fused-ring (bicyclic) bond motifs is 2. The summed E-state index contributed by atoms with van der Waals surface area (Å²) in [5.74, 6) is -0.321. The summed E-state index contributed by atoms with van der Waals surface area (Å²) in [5.41, 5.74) is 1.57. The largest absolute Gasteiger partial charge is 0.325 e. The summed E-state index contributed by atoms with van der Waals surface area (Å²) in [4.78, 5) is 46.6. The van der Waals surface area contributed by atoms with Gasteiger partial charge < -0.3 is 5.32 Å². The molecule has 0 fully saturated rings. The Morgan fingerprint density at radius 2 is 1.83 bits per heavy atom. The quantitative estimate of drug-likeness (QED) is 0.392. The summed E-state index contributed by atoms with van der Waals surface area (Å²) in [6.45, 7) is -0.209. The molecule has 11 heteroatoms. The van der Waals surface area contributed by atoms with E-state index in [1.54, 1.807) is 48.5 Å². The lowest BCUT2D eigenvalue weighted by molar-refractivity contribution is -0.118. The lowest BCUT2D eigenvalue weighted by Gasteiger charge is -2.16. The molecule has 2 amide bonds. The van der Waals surface area contributed by atoms with Crippen molar-refractivity contribution in [2.24, 2.45) is 0 Å². The van der Waals surface area contributed by atoms with Crippen LogP contribution in [0.1, 0.15) is 5.56 Å². The molecule has 172 valence electrons. The van der Waals surface area contributed by atoms with Crippen molar-refractivity contribution in [2.45, 2.75) is 0 Å². The van der Waals surface area contributed by atoms with Gasteiger partial charge in [0.1, 0.15) is 11.1 Å². The number of aromatic nitrogens is 3. The maximum absolute atomic E-state index is 13.5. The third kappa shape index (κ3) is 3.72. The van der Waals surface area contributed by atoms with Crippen molar-refractivity contribution in [3.63, 3.8) is 0 Å². The maximum Gasteiger partial charge on any atom is 0.291 e. The van der Waals surface area contributed by atoms with Gasteiger partial charge in [-0.2, -0.15) is 9.50 Å². The molecular formula is C24H14ClN5O3S2. The molecule has 0 saturated carbocycles.